The van der Waals surface area contributed by atoms with E-state index in [1.807, 2.05) is 60.7 Å². The van der Waals surface area contributed by atoms with Gasteiger partial charge in [-0.25, -0.2) is 4.98 Å². The fourth-order valence-electron chi connectivity index (χ4n) is 2.59. The predicted molar refractivity (Wildman–Crippen MR) is 98.7 cm³/mol. The van der Waals surface area contributed by atoms with Crippen LogP contribution in [0.25, 0.3) is 22.4 Å². The van der Waals surface area contributed by atoms with Crippen molar-refractivity contribution in [1.82, 2.24) is 4.98 Å². The van der Waals surface area contributed by atoms with Gasteiger partial charge in [-0.3, -0.25) is 4.21 Å². The van der Waals surface area contributed by atoms with Crippen LogP contribution in [-0.2, 0) is 10.8 Å². The van der Waals surface area contributed by atoms with E-state index in [1.54, 1.807) is 7.11 Å². The molecule has 2 aromatic carbocycles. The minimum atomic E-state index is -1.37. The van der Waals surface area contributed by atoms with Crippen molar-refractivity contribution >= 4 is 10.8 Å². The third kappa shape index (κ3) is 3.44. The molecule has 0 saturated heterocycles. The van der Waals surface area contributed by atoms with Crippen LogP contribution in [0.1, 0.15) is 5.56 Å². The van der Waals surface area contributed by atoms with Crippen molar-refractivity contribution in [2.24, 2.45) is 0 Å². The van der Waals surface area contributed by atoms with Crippen LogP contribution >= 0.6 is 0 Å². The standard InChI is InChI=1S/C20H16N2O2S/c1-24-16-10-8-15(9-11-16)19-12-17(14-6-4-3-5-7-14)18(13-21)20(22-19)25(2)23/h3-12H,1-2H3/t25-/m0/s1. The molecule has 1 heterocycles. The topological polar surface area (TPSA) is 63.0 Å². The van der Waals surface area contributed by atoms with Crippen molar-refractivity contribution in [1.29, 1.82) is 5.26 Å². The van der Waals surface area contributed by atoms with Crippen LogP contribution < -0.4 is 4.74 Å². The van der Waals surface area contributed by atoms with Crippen LogP contribution in [0.15, 0.2) is 65.7 Å². The maximum atomic E-state index is 12.2. The molecule has 0 bridgehead atoms. The highest BCUT2D eigenvalue weighted by atomic mass is 32.2. The number of methoxy groups -OCH3 is 1. The number of pyridine rings is 1. The van der Waals surface area contributed by atoms with Crippen LogP contribution in [0.5, 0.6) is 5.75 Å². The summed E-state index contributed by atoms with van der Waals surface area (Å²) in [5, 5.41) is 9.90. The highest BCUT2D eigenvalue weighted by Gasteiger charge is 2.17. The third-order valence-electron chi connectivity index (χ3n) is 3.84. The fraction of sp³-hybridized carbons (Fsp3) is 0.100. The van der Waals surface area contributed by atoms with Crippen molar-refractivity contribution in [3.05, 3.63) is 66.2 Å². The Morgan fingerprint density at radius 3 is 2.28 bits per heavy atom. The molecule has 0 N–H and O–H groups in total. The number of benzene rings is 2. The molecule has 0 aliphatic carbocycles. The van der Waals surface area contributed by atoms with Crippen molar-refractivity contribution in [3.63, 3.8) is 0 Å². The second-order valence-corrected chi connectivity index (χ2v) is 6.69. The summed E-state index contributed by atoms with van der Waals surface area (Å²) >= 11 is 0. The quantitative estimate of drug-likeness (QED) is 0.714. The van der Waals surface area contributed by atoms with Gasteiger partial charge in [0, 0.05) is 17.4 Å². The fourth-order valence-corrected chi connectivity index (χ4v) is 3.26. The molecule has 5 heteroatoms. The summed E-state index contributed by atoms with van der Waals surface area (Å²) < 4.78 is 17.4. The maximum Gasteiger partial charge on any atom is 0.146 e. The van der Waals surface area contributed by atoms with Gasteiger partial charge in [0.25, 0.3) is 0 Å². The molecule has 3 aromatic rings. The number of ether oxygens (including phenoxy) is 1. The van der Waals surface area contributed by atoms with Gasteiger partial charge in [0.2, 0.25) is 0 Å². The molecule has 0 aliphatic rings. The highest BCUT2D eigenvalue weighted by Crippen LogP contribution is 2.31. The smallest absolute Gasteiger partial charge is 0.146 e. The molecule has 0 unspecified atom stereocenters. The minimum Gasteiger partial charge on any atom is -0.497 e. The summed E-state index contributed by atoms with van der Waals surface area (Å²) in [4.78, 5) is 4.49. The normalized spacial score (nSPS) is 11.6. The maximum absolute atomic E-state index is 12.2. The van der Waals surface area contributed by atoms with Crippen LogP contribution in [0.2, 0.25) is 0 Å². The van der Waals surface area contributed by atoms with E-state index in [-0.39, 0.29) is 0 Å². The van der Waals surface area contributed by atoms with Gasteiger partial charge in [-0.05, 0) is 35.9 Å². The molecule has 4 nitrogen and oxygen atoms in total. The number of nitrogens with zero attached hydrogens (tertiary/aromatic N) is 2. The largest absolute Gasteiger partial charge is 0.497 e. The lowest BCUT2D eigenvalue weighted by Crippen LogP contribution is -2.01. The third-order valence-corrected chi connectivity index (χ3v) is 4.68. The van der Waals surface area contributed by atoms with Crippen LogP contribution in [0.3, 0.4) is 0 Å². The molecule has 25 heavy (non-hydrogen) atoms. The van der Waals surface area contributed by atoms with Gasteiger partial charge in [-0.2, -0.15) is 5.26 Å². The molecule has 0 saturated carbocycles. The summed E-state index contributed by atoms with van der Waals surface area (Å²) in [6.45, 7) is 0. The van der Waals surface area contributed by atoms with E-state index in [1.165, 1.54) is 6.26 Å². The van der Waals surface area contributed by atoms with Crippen molar-refractivity contribution < 1.29 is 8.95 Å². The van der Waals surface area contributed by atoms with Gasteiger partial charge in [-0.15, -0.1) is 0 Å². The summed E-state index contributed by atoms with van der Waals surface area (Å²) in [5.41, 5.74) is 3.52. The van der Waals surface area contributed by atoms with Gasteiger partial charge < -0.3 is 4.74 Å². The first-order chi connectivity index (χ1) is 12.1. The molecule has 0 aliphatic heterocycles. The van der Waals surface area contributed by atoms with E-state index in [9.17, 15) is 9.47 Å². The van der Waals surface area contributed by atoms with Crippen molar-refractivity contribution in [2.75, 3.05) is 13.4 Å². The molecule has 124 valence electrons. The zero-order valence-corrected chi connectivity index (χ0v) is 14.7. The van der Waals surface area contributed by atoms with E-state index in [0.717, 1.165) is 22.4 Å². The summed E-state index contributed by atoms with van der Waals surface area (Å²) in [6.07, 6.45) is 1.54. The monoisotopic (exact) mass is 348 g/mol. The molecule has 0 fully saturated rings. The first-order valence-corrected chi connectivity index (χ1v) is 9.18. The van der Waals surface area contributed by atoms with E-state index in [4.69, 9.17) is 4.74 Å². The number of hydrogen-bond donors (Lipinski definition) is 0. The first kappa shape index (κ1) is 16.9. The van der Waals surface area contributed by atoms with E-state index in [0.29, 0.717) is 16.3 Å². The zero-order chi connectivity index (χ0) is 17.8. The Morgan fingerprint density at radius 2 is 1.72 bits per heavy atom. The minimum absolute atomic E-state index is 0.301. The van der Waals surface area contributed by atoms with Gasteiger partial charge in [0.1, 0.15) is 16.8 Å². The van der Waals surface area contributed by atoms with E-state index in [2.05, 4.69) is 11.1 Å². The Kier molecular flexibility index (Phi) is 4.92. The lowest BCUT2D eigenvalue weighted by atomic mass is 9.99. The summed E-state index contributed by atoms with van der Waals surface area (Å²) in [7, 11) is 0.239. The summed E-state index contributed by atoms with van der Waals surface area (Å²) in [5.74, 6) is 0.750. The Morgan fingerprint density at radius 1 is 1.04 bits per heavy atom. The van der Waals surface area contributed by atoms with Crippen LogP contribution in [0.4, 0.5) is 0 Å². The Bertz CT molecular complexity index is 961. The van der Waals surface area contributed by atoms with Crippen molar-refractivity contribution in [3.8, 4) is 34.2 Å². The van der Waals surface area contributed by atoms with Gasteiger partial charge in [-0.1, -0.05) is 30.3 Å². The predicted octanol–water partition coefficient (Wildman–Crippen LogP) is 4.03. The number of rotatable bonds is 4. The van der Waals surface area contributed by atoms with Gasteiger partial charge >= 0.3 is 0 Å². The van der Waals surface area contributed by atoms with Crippen LogP contribution in [-0.4, -0.2) is 22.6 Å². The lowest BCUT2D eigenvalue weighted by Gasteiger charge is -2.11. The Labute approximate surface area is 149 Å². The Hall–Kier alpha value is -2.97. The molecular formula is C20H16N2O2S. The summed E-state index contributed by atoms with van der Waals surface area (Å²) in [6, 6.07) is 21.1. The Balaban J connectivity index is 2.25. The average molecular weight is 348 g/mol. The van der Waals surface area contributed by atoms with Gasteiger partial charge in [0.15, 0.2) is 0 Å². The molecule has 3 rings (SSSR count). The molecule has 1 atom stereocenters. The number of nitriles is 1. The molecule has 0 spiro atoms. The van der Waals surface area contributed by atoms with Crippen LogP contribution in [0, 0.1) is 11.3 Å². The molecule has 0 amide bonds. The lowest BCUT2D eigenvalue weighted by molar-refractivity contribution is 0.415. The second kappa shape index (κ2) is 7.29. The van der Waals surface area contributed by atoms with E-state index < -0.39 is 10.8 Å². The zero-order valence-electron chi connectivity index (χ0n) is 13.9. The molecule has 0 radical (unpaired) electrons. The first-order valence-electron chi connectivity index (χ1n) is 7.62. The van der Waals surface area contributed by atoms with Crippen molar-refractivity contribution in [2.45, 2.75) is 5.03 Å². The average Bonchev–Trinajstić information content (AvgIpc) is 2.67. The number of aromatic nitrogens is 1. The van der Waals surface area contributed by atoms with E-state index >= 15 is 0 Å². The molecular weight excluding hydrogens is 332 g/mol. The van der Waals surface area contributed by atoms with Gasteiger partial charge in [0.05, 0.1) is 29.2 Å². The second-order valence-electron chi connectivity index (χ2n) is 5.40. The SMILES string of the molecule is COc1ccc(-c2cc(-c3ccccc3)c(C#N)c([S@](C)=O)n2)cc1. The highest BCUT2D eigenvalue weighted by molar-refractivity contribution is 7.84. The number of hydrogen-bond acceptors (Lipinski definition) is 4. The molecule has 1 aromatic heterocycles.